The topological polar surface area (TPSA) is 96.2 Å². The van der Waals surface area contributed by atoms with Crippen molar-refractivity contribution in [3.8, 4) is 0 Å². The number of aliphatic hydroxyl groups excluding tert-OH is 3. The number of carbonyl (C=O) groups is 1. The predicted octanol–water partition coefficient (Wildman–Crippen LogP) is 1.93. The Bertz CT molecular complexity index is 335. The highest BCUT2D eigenvalue weighted by Crippen LogP contribution is 2.20. The van der Waals surface area contributed by atoms with Crippen LogP contribution in [-0.4, -0.2) is 58.9 Å². The van der Waals surface area contributed by atoms with Crippen molar-refractivity contribution in [1.29, 1.82) is 0 Å². The largest absolute Gasteiger partial charge is 0.457 e. The summed E-state index contributed by atoms with van der Waals surface area (Å²) in [6.45, 7) is 1.76. The van der Waals surface area contributed by atoms with Crippen LogP contribution in [0.2, 0.25) is 0 Å². The molecule has 0 radical (unpaired) electrons. The van der Waals surface area contributed by atoms with Gasteiger partial charge in [0.1, 0.15) is 18.3 Å². The Labute approximate surface area is 145 Å². The van der Waals surface area contributed by atoms with E-state index < -0.39 is 37.0 Å². The zero-order valence-corrected chi connectivity index (χ0v) is 14.9. The first-order valence-electron chi connectivity index (χ1n) is 9.38. The second-order valence-corrected chi connectivity index (χ2v) is 6.65. The number of carbonyl (C=O) groups excluding carboxylic acids is 1. The summed E-state index contributed by atoms with van der Waals surface area (Å²) in [7, 11) is 0. The van der Waals surface area contributed by atoms with Crippen LogP contribution < -0.4 is 0 Å². The van der Waals surface area contributed by atoms with Gasteiger partial charge in [-0.1, -0.05) is 58.3 Å². The normalized spacial score (nSPS) is 24.9. The van der Waals surface area contributed by atoms with E-state index in [1.165, 1.54) is 38.5 Å². The van der Waals surface area contributed by atoms with Crippen molar-refractivity contribution in [1.82, 2.24) is 0 Å². The Morgan fingerprint density at radius 3 is 2.17 bits per heavy atom. The number of unbranched alkanes of at least 4 members (excludes halogenated alkanes) is 8. The molecule has 6 heteroatoms. The fraction of sp³-hybridized carbons (Fsp3) is 0.944. The van der Waals surface area contributed by atoms with Crippen molar-refractivity contribution in [3.05, 3.63) is 0 Å². The van der Waals surface area contributed by atoms with Gasteiger partial charge in [-0.05, 0) is 6.42 Å². The lowest BCUT2D eigenvalue weighted by molar-refractivity contribution is -0.162. The van der Waals surface area contributed by atoms with Crippen LogP contribution in [0.25, 0.3) is 0 Å². The third kappa shape index (κ3) is 7.92. The van der Waals surface area contributed by atoms with Crippen molar-refractivity contribution in [2.45, 2.75) is 95.5 Å². The van der Waals surface area contributed by atoms with Gasteiger partial charge in [-0.15, -0.1) is 0 Å². The van der Waals surface area contributed by atoms with Gasteiger partial charge in [-0.2, -0.15) is 0 Å². The average Bonchev–Trinajstić information content (AvgIpc) is 2.90. The minimum absolute atomic E-state index is 0.0157. The smallest absolute Gasteiger partial charge is 0.306 e. The van der Waals surface area contributed by atoms with Gasteiger partial charge in [0, 0.05) is 6.42 Å². The summed E-state index contributed by atoms with van der Waals surface area (Å²) in [6.07, 6.45) is 6.91. The molecule has 1 aliphatic heterocycles. The number of hydrogen-bond donors (Lipinski definition) is 3. The first kappa shape index (κ1) is 21.4. The maximum atomic E-state index is 11.8. The molecule has 0 spiro atoms. The molecule has 0 amide bonds. The number of ether oxygens (including phenoxy) is 2. The molecule has 4 atom stereocenters. The minimum atomic E-state index is -1.14. The van der Waals surface area contributed by atoms with E-state index in [2.05, 4.69) is 6.92 Å². The van der Waals surface area contributed by atoms with Gasteiger partial charge >= 0.3 is 5.97 Å². The second kappa shape index (κ2) is 12.6. The van der Waals surface area contributed by atoms with Crippen LogP contribution in [0, 0.1) is 0 Å². The van der Waals surface area contributed by atoms with Gasteiger partial charge in [0.05, 0.1) is 13.2 Å². The third-order valence-corrected chi connectivity index (χ3v) is 4.50. The van der Waals surface area contributed by atoms with Crippen molar-refractivity contribution in [3.63, 3.8) is 0 Å². The summed E-state index contributed by atoms with van der Waals surface area (Å²) < 4.78 is 10.4. The zero-order valence-electron chi connectivity index (χ0n) is 14.9. The van der Waals surface area contributed by atoms with Gasteiger partial charge in [0.2, 0.25) is 0 Å². The fourth-order valence-electron chi connectivity index (χ4n) is 2.97. The minimum Gasteiger partial charge on any atom is -0.457 e. The highest BCUT2D eigenvalue weighted by atomic mass is 16.6. The summed E-state index contributed by atoms with van der Waals surface area (Å²) in [5, 5.41) is 28.5. The number of aliphatic hydroxyl groups is 3. The SMILES string of the molecule is CCCCCCCCCCCC(=O)O[C@H](CO)[C@H]1OC[C@H](O)[C@@H]1O. The molecule has 1 saturated heterocycles. The molecule has 142 valence electrons. The van der Waals surface area contributed by atoms with Crippen molar-refractivity contribution >= 4 is 5.97 Å². The number of hydrogen-bond acceptors (Lipinski definition) is 6. The van der Waals surface area contributed by atoms with Crippen LogP contribution >= 0.6 is 0 Å². The van der Waals surface area contributed by atoms with Crippen molar-refractivity contribution < 1.29 is 29.6 Å². The van der Waals surface area contributed by atoms with E-state index in [1.807, 2.05) is 0 Å². The molecule has 6 nitrogen and oxygen atoms in total. The monoisotopic (exact) mass is 346 g/mol. The first-order valence-corrected chi connectivity index (χ1v) is 9.38. The van der Waals surface area contributed by atoms with Gasteiger partial charge < -0.3 is 24.8 Å². The van der Waals surface area contributed by atoms with Crippen molar-refractivity contribution in [2.75, 3.05) is 13.2 Å². The molecule has 3 N–H and O–H groups in total. The molecule has 0 aromatic heterocycles. The van der Waals surface area contributed by atoms with Crippen LogP contribution in [-0.2, 0) is 14.3 Å². The van der Waals surface area contributed by atoms with Gasteiger partial charge in [-0.3, -0.25) is 4.79 Å². The van der Waals surface area contributed by atoms with Crippen LogP contribution in [0.5, 0.6) is 0 Å². The summed E-state index contributed by atoms with van der Waals surface area (Å²) in [5.41, 5.74) is 0. The number of rotatable bonds is 13. The molecule has 0 saturated carbocycles. The molecule has 1 heterocycles. The summed E-state index contributed by atoms with van der Waals surface area (Å²) in [4.78, 5) is 11.8. The zero-order chi connectivity index (χ0) is 17.8. The predicted molar refractivity (Wildman–Crippen MR) is 90.6 cm³/mol. The Hall–Kier alpha value is -0.690. The van der Waals surface area contributed by atoms with E-state index >= 15 is 0 Å². The summed E-state index contributed by atoms with van der Waals surface area (Å²) in [5.74, 6) is -0.394. The molecular weight excluding hydrogens is 312 g/mol. The molecule has 24 heavy (non-hydrogen) atoms. The van der Waals surface area contributed by atoms with Crippen LogP contribution in [0.1, 0.15) is 71.1 Å². The van der Waals surface area contributed by atoms with Crippen molar-refractivity contribution in [2.24, 2.45) is 0 Å². The molecule has 0 unspecified atom stereocenters. The lowest BCUT2D eigenvalue weighted by Gasteiger charge is -2.24. The third-order valence-electron chi connectivity index (χ3n) is 4.50. The van der Waals surface area contributed by atoms with Crippen LogP contribution in [0.4, 0.5) is 0 Å². The van der Waals surface area contributed by atoms with E-state index in [1.54, 1.807) is 0 Å². The van der Waals surface area contributed by atoms with Crippen LogP contribution in [0.15, 0.2) is 0 Å². The van der Waals surface area contributed by atoms with Crippen LogP contribution in [0.3, 0.4) is 0 Å². The molecule has 1 fully saturated rings. The Morgan fingerprint density at radius 1 is 1.08 bits per heavy atom. The molecule has 1 rings (SSSR count). The first-order chi connectivity index (χ1) is 11.6. The van der Waals surface area contributed by atoms with E-state index in [-0.39, 0.29) is 6.61 Å². The van der Waals surface area contributed by atoms with E-state index in [0.717, 1.165) is 19.3 Å². The highest BCUT2D eigenvalue weighted by molar-refractivity contribution is 5.69. The maximum absolute atomic E-state index is 11.8. The molecule has 1 aliphatic rings. The molecule has 0 aliphatic carbocycles. The van der Waals surface area contributed by atoms with Gasteiger partial charge in [-0.25, -0.2) is 0 Å². The molecular formula is C18H34O6. The lowest BCUT2D eigenvalue weighted by Crippen LogP contribution is -2.43. The second-order valence-electron chi connectivity index (χ2n) is 6.65. The highest BCUT2D eigenvalue weighted by Gasteiger charge is 2.41. The standard InChI is InChI=1S/C18H34O6/c1-2-3-4-5-6-7-8-9-10-11-16(21)24-15(12-19)18-17(22)14(20)13-23-18/h14-15,17-20,22H,2-13H2,1H3/t14-,15+,17-,18+/m0/s1. The molecule has 0 aromatic rings. The van der Waals surface area contributed by atoms with E-state index in [0.29, 0.717) is 6.42 Å². The fourth-order valence-corrected chi connectivity index (χ4v) is 2.97. The van der Waals surface area contributed by atoms with Gasteiger partial charge in [0.25, 0.3) is 0 Å². The number of esters is 1. The van der Waals surface area contributed by atoms with Gasteiger partial charge in [0.15, 0.2) is 6.10 Å². The maximum Gasteiger partial charge on any atom is 0.306 e. The Morgan fingerprint density at radius 2 is 1.67 bits per heavy atom. The Balaban J connectivity index is 2.08. The Kier molecular flexibility index (Phi) is 11.2. The molecule has 0 aromatic carbocycles. The van der Waals surface area contributed by atoms with E-state index in [4.69, 9.17) is 9.47 Å². The summed E-state index contributed by atoms with van der Waals surface area (Å²) in [6, 6.07) is 0. The average molecular weight is 346 g/mol. The summed E-state index contributed by atoms with van der Waals surface area (Å²) >= 11 is 0. The quantitative estimate of drug-likeness (QED) is 0.348. The molecule has 0 bridgehead atoms. The van der Waals surface area contributed by atoms with E-state index in [9.17, 15) is 20.1 Å². The lowest BCUT2D eigenvalue weighted by atomic mass is 10.1.